The first-order valence-corrected chi connectivity index (χ1v) is 11.2. The van der Waals surface area contributed by atoms with Crippen LogP contribution in [0.2, 0.25) is 0 Å². The fourth-order valence-electron chi connectivity index (χ4n) is 3.21. The lowest BCUT2D eigenvalue weighted by Crippen LogP contribution is -2.16. The summed E-state index contributed by atoms with van der Waals surface area (Å²) < 4.78 is 17.4. The summed E-state index contributed by atoms with van der Waals surface area (Å²) in [6, 6.07) is 16.7. The molecule has 0 spiro atoms. The van der Waals surface area contributed by atoms with Crippen LogP contribution in [0.3, 0.4) is 0 Å². The zero-order chi connectivity index (χ0) is 23.6. The molecule has 0 aliphatic rings. The van der Waals surface area contributed by atoms with Gasteiger partial charge >= 0.3 is 7.82 Å². The second-order valence-electron chi connectivity index (χ2n) is 7.21. The van der Waals surface area contributed by atoms with E-state index in [1.807, 2.05) is 6.92 Å². The molecule has 11 heteroatoms. The molecule has 0 aliphatic heterocycles. The molecule has 0 unspecified atom stereocenters. The molecule has 0 aliphatic carbocycles. The highest BCUT2D eigenvalue weighted by Crippen LogP contribution is 2.37. The standard InChI is InChI=1S/C22H18N5O5P/c1-14-2-6-17(12-24-14)21(28)26-22-25-19-10-16(11-23)5-9-20(19)27(22)13-15-3-7-18(8-4-15)32-33(29,30)31/h2-10,12H,13H2,1H3,(H,25,26,28)(H2,29,30,31). The number of rotatable bonds is 6. The van der Waals surface area contributed by atoms with Crippen LogP contribution < -0.4 is 9.84 Å². The first-order valence-electron chi connectivity index (χ1n) is 9.70. The summed E-state index contributed by atoms with van der Waals surface area (Å²) in [6.45, 7) is 2.12. The Balaban J connectivity index is 1.68. The number of hydrogen-bond acceptors (Lipinski definition) is 6. The van der Waals surface area contributed by atoms with Gasteiger partial charge in [-0.25, -0.2) is 9.55 Å². The van der Waals surface area contributed by atoms with Gasteiger partial charge in [-0.2, -0.15) is 5.26 Å². The Bertz CT molecular complexity index is 1420. The number of nitrogens with one attached hydrogen (secondary N) is 1. The summed E-state index contributed by atoms with van der Waals surface area (Å²) in [7, 11) is -4.65. The van der Waals surface area contributed by atoms with Crippen LogP contribution in [0.1, 0.15) is 27.2 Å². The van der Waals surface area contributed by atoms with Crippen LogP contribution in [0.4, 0.5) is 5.95 Å². The van der Waals surface area contributed by atoms with Gasteiger partial charge < -0.3 is 9.09 Å². The average Bonchev–Trinajstić information content (AvgIpc) is 3.10. The number of anilines is 1. The average molecular weight is 463 g/mol. The molecule has 2 heterocycles. The second-order valence-corrected chi connectivity index (χ2v) is 8.37. The normalized spacial score (nSPS) is 11.2. The lowest BCUT2D eigenvalue weighted by Gasteiger charge is -2.12. The SMILES string of the molecule is Cc1ccc(C(=O)Nc2nc3cc(C#N)ccc3n2Cc2ccc(OP(=O)(O)O)cc2)cn1. The Hall–Kier alpha value is -4.03. The number of hydrogen-bond donors (Lipinski definition) is 3. The van der Waals surface area contributed by atoms with Gasteiger partial charge in [-0.3, -0.25) is 24.9 Å². The lowest BCUT2D eigenvalue weighted by atomic mass is 10.2. The van der Waals surface area contributed by atoms with E-state index in [-0.39, 0.29) is 17.6 Å². The van der Waals surface area contributed by atoms with Gasteiger partial charge in [0, 0.05) is 11.9 Å². The summed E-state index contributed by atoms with van der Waals surface area (Å²) in [4.78, 5) is 39.3. The molecule has 1 amide bonds. The number of phosphoric ester groups is 1. The van der Waals surface area contributed by atoms with Crippen LogP contribution in [0.25, 0.3) is 11.0 Å². The van der Waals surface area contributed by atoms with Crippen molar-refractivity contribution in [3.05, 3.63) is 83.2 Å². The zero-order valence-corrected chi connectivity index (χ0v) is 18.2. The van der Waals surface area contributed by atoms with Gasteiger partial charge in [-0.15, -0.1) is 0 Å². The van der Waals surface area contributed by atoms with Crippen molar-refractivity contribution >= 4 is 30.7 Å². The fraction of sp³-hybridized carbons (Fsp3) is 0.0909. The molecule has 3 N–H and O–H groups in total. The number of phosphoric acid groups is 1. The van der Waals surface area contributed by atoms with Gasteiger partial charge in [-0.1, -0.05) is 12.1 Å². The number of carbonyl (C=O) groups excluding carboxylic acids is 1. The third kappa shape index (κ3) is 5.25. The van der Waals surface area contributed by atoms with Crippen LogP contribution in [-0.2, 0) is 11.1 Å². The minimum atomic E-state index is -4.65. The summed E-state index contributed by atoms with van der Waals surface area (Å²) in [5.74, 6) is -0.0761. The predicted molar refractivity (Wildman–Crippen MR) is 120 cm³/mol. The minimum Gasteiger partial charge on any atom is -0.404 e. The van der Waals surface area contributed by atoms with Crippen LogP contribution in [0.15, 0.2) is 60.8 Å². The molecule has 0 fully saturated rings. The van der Waals surface area contributed by atoms with E-state index in [9.17, 15) is 14.6 Å². The van der Waals surface area contributed by atoms with Crippen LogP contribution in [0, 0.1) is 18.3 Å². The topological polar surface area (TPSA) is 150 Å². The number of nitriles is 1. The van der Waals surface area contributed by atoms with E-state index in [4.69, 9.17) is 9.79 Å². The molecule has 0 atom stereocenters. The van der Waals surface area contributed by atoms with E-state index in [0.717, 1.165) is 11.3 Å². The molecule has 4 rings (SSSR count). The monoisotopic (exact) mass is 463 g/mol. The maximum Gasteiger partial charge on any atom is 0.524 e. The predicted octanol–water partition coefficient (Wildman–Crippen LogP) is 3.38. The van der Waals surface area contributed by atoms with Crippen molar-refractivity contribution in [1.29, 1.82) is 5.26 Å². The Morgan fingerprint density at radius 3 is 2.58 bits per heavy atom. The van der Waals surface area contributed by atoms with Crippen molar-refractivity contribution in [2.45, 2.75) is 13.5 Å². The molecule has 0 saturated heterocycles. The molecule has 33 heavy (non-hydrogen) atoms. The number of fused-ring (bicyclic) bond motifs is 1. The number of aryl methyl sites for hydroxylation is 1. The minimum absolute atomic E-state index is 0.0293. The molecular formula is C22H18N5O5P. The molecule has 0 radical (unpaired) electrons. The first-order chi connectivity index (χ1) is 15.7. The summed E-state index contributed by atoms with van der Waals surface area (Å²) in [6.07, 6.45) is 1.48. The van der Waals surface area contributed by atoms with Crippen molar-refractivity contribution in [1.82, 2.24) is 14.5 Å². The number of nitrogens with zero attached hydrogens (tertiary/aromatic N) is 4. The summed E-state index contributed by atoms with van der Waals surface area (Å²) in [5.41, 5.74) is 3.59. The third-order valence-corrected chi connectivity index (χ3v) is 5.21. The number of imidazole rings is 1. The van der Waals surface area contributed by atoms with Crippen molar-refractivity contribution in [2.75, 3.05) is 5.32 Å². The Labute approximate surface area is 188 Å². The maximum absolute atomic E-state index is 12.8. The van der Waals surface area contributed by atoms with Gasteiger partial charge in [0.25, 0.3) is 5.91 Å². The van der Waals surface area contributed by atoms with E-state index >= 15 is 0 Å². The van der Waals surface area contributed by atoms with Crippen LogP contribution >= 0.6 is 7.82 Å². The number of pyridine rings is 1. The van der Waals surface area contributed by atoms with E-state index in [1.165, 1.54) is 18.3 Å². The molecular weight excluding hydrogens is 445 g/mol. The largest absolute Gasteiger partial charge is 0.524 e. The zero-order valence-electron chi connectivity index (χ0n) is 17.3. The number of aromatic nitrogens is 3. The maximum atomic E-state index is 12.8. The quantitative estimate of drug-likeness (QED) is 0.368. The van der Waals surface area contributed by atoms with E-state index < -0.39 is 7.82 Å². The van der Waals surface area contributed by atoms with Crippen LogP contribution in [-0.4, -0.2) is 30.2 Å². The van der Waals surface area contributed by atoms with Crippen molar-refractivity contribution in [3.63, 3.8) is 0 Å². The molecule has 0 saturated carbocycles. The highest BCUT2D eigenvalue weighted by Gasteiger charge is 2.17. The van der Waals surface area contributed by atoms with Crippen LogP contribution in [0.5, 0.6) is 5.75 Å². The van der Waals surface area contributed by atoms with E-state index in [0.29, 0.717) is 28.7 Å². The smallest absolute Gasteiger partial charge is 0.404 e. The lowest BCUT2D eigenvalue weighted by molar-refractivity contribution is 0.102. The molecule has 2 aromatic carbocycles. The molecule has 10 nitrogen and oxygen atoms in total. The van der Waals surface area contributed by atoms with Gasteiger partial charge in [0.1, 0.15) is 5.75 Å². The van der Waals surface area contributed by atoms with Crippen molar-refractivity contribution in [3.8, 4) is 11.8 Å². The highest BCUT2D eigenvalue weighted by molar-refractivity contribution is 7.46. The van der Waals surface area contributed by atoms with Crippen molar-refractivity contribution in [2.24, 2.45) is 0 Å². The highest BCUT2D eigenvalue weighted by atomic mass is 31.2. The number of carbonyl (C=O) groups is 1. The third-order valence-electron chi connectivity index (χ3n) is 4.76. The Morgan fingerprint density at radius 2 is 1.94 bits per heavy atom. The molecule has 2 aromatic heterocycles. The summed E-state index contributed by atoms with van der Waals surface area (Å²) in [5, 5.41) is 12.0. The van der Waals surface area contributed by atoms with Gasteiger partial charge in [-0.05, 0) is 55.0 Å². The van der Waals surface area contributed by atoms with E-state index in [1.54, 1.807) is 47.0 Å². The molecule has 4 aromatic rings. The summed E-state index contributed by atoms with van der Waals surface area (Å²) >= 11 is 0. The second kappa shape index (κ2) is 8.84. The van der Waals surface area contributed by atoms with Crippen molar-refractivity contribution < 1.29 is 23.7 Å². The molecule has 166 valence electrons. The fourth-order valence-corrected chi connectivity index (χ4v) is 3.60. The molecule has 0 bridgehead atoms. The van der Waals surface area contributed by atoms with Gasteiger partial charge in [0.2, 0.25) is 5.95 Å². The Kier molecular flexibility index (Phi) is 5.94. The number of benzene rings is 2. The number of amides is 1. The van der Waals surface area contributed by atoms with Gasteiger partial charge in [0.05, 0.1) is 34.8 Å². The first kappa shape index (κ1) is 22.2. The van der Waals surface area contributed by atoms with Gasteiger partial charge in [0.15, 0.2) is 0 Å². The Morgan fingerprint density at radius 1 is 1.18 bits per heavy atom. The van der Waals surface area contributed by atoms with E-state index in [2.05, 4.69) is 25.9 Å².